The molecule has 5 rings (SSSR count). The fourth-order valence-corrected chi connectivity index (χ4v) is 3.85. The largest absolute Gasteiger partial charge is 0.496 e. The average Bonchev–Trinajstić information content (AvgIpc) is 3.46. The number of rotatable bonds is 7. The number of likely N-dealkylation sites (tertiary alicyclic amines) is 1. The zero-order valence-corrected chi connectivity index (χ0v) is 17.7. The van der Waals surface area contributed by atoms with Crippen molar-refractivity contribution < 1.29 is 14.1 Å². The topological polar surface area (TPSA) is 86.3 Å². The van der Waals surface area contributed by atoms with Crippen LogP contribution in [0, 0.1) is 0 Å². The van der Waals surface area contributed by atoms with Crippen molar-refractivity contribution in [2.75, 3.05) is 20.2 Å². The molecular formula is C24H23N5O3. The van der Waals surface area contributed by atoms with Gasteiger partial charge in [-0.1, -0.05) is 35.5 Å². The van der Waals surface area contributed by atoms with Crippen LogP contribution in [0.5, 0.6) is 5.75 Å². The minimum absolute atomic E-state index is 0.0178. The van der Waals surface area contributed by atoms with Gasteiger partial charge in [-0.15, -0.1) is 0 Å². The molecule has 8 nitrogen and oxygen atoms in total. The molecule has 162 valence electrons. The standard InChI is InChI=1S/C24H23N5O3/c1-31-21-5-3-2-4-19(21)12-22-26-23(32-27-22)20-14-29(15-20)24(30)18-8-6-17(7-9-18)13-28-11-10-25-16-28/h2-11,16,20H,12-15H2,1H3. The maximum Gasteiger partial charge on any atom is 0.253 e. The summed E-state index contributed by atoms with van der Waals surface area (Å²) in [6.45, 7) is 1.88. The highest BCUT2D eigenvalue weighted by Gasteiger charge is 2.36. The summed E-state index contributed by atoms with van der Waals surface area (Å²) in [5.74, 6) is 2.08. The predicted molar refractivity (Wildman–Crippen MR) is 117 cm³/mol. The lowest BCUT2D eigenvalue weighted by Crippen LogP contribution is -2.48. The van der Waals surface area contributed by atoms with Crippen LogP contribution in [0.3, 0.4) is 0 Å². The number of amides is 1. The van der Waals surface area contributed by atoms with E-state index in [-0.39, 0.29) is 11.8 Å². The number of para-hydroxylation sites is 1. The summed E-state index contributed by atoms with van der Waals surface area (Å²) >= 11 is 0. The van der Waals surface area contributed by atoms with Gasteiger partial charge in [0.2, 0.25) is 5.89 Å². The van der Waals surface area contributed by atoms with Crippen LogP contribution < -0.4 is 4.74 Å². The summed E-state index contributed by atoms with van der Waals surface area (Å²) < 4.78 is 12.8. The number of hydrogen-bond acceptors (Lipinski definition) is 6. The van der Waals surface area contributed by atoms with Crippen molar-refractivity contribution in [3.05, 3.63) is 95.7 Å². The van der Waals surface area contributed by atoms with E-state index in [0.717, 1.165) is 23.4 Å². The van der Waals surface area contributed by atoms with E-state index in [1.807, 2.05) is 59.3 Å². The SMILES string of the molecule is COc1ccccc1Cc1noc(C2CN(C(=O)c3ccc(Cn4ccnc4)cc3)C2)n1. The summed E-state index contributed by atoms with van der Waals surface area (Å²) in [5, 5.41) is 4.11. The van der Waals surface area contributed by atoms with Crippen molar-refractivity contribution in [3.63, 3.8) is 0 Å². The lowest BCUT2D eigenvalue weighted by atomic mass is 9.98. The van der Waals surface area contributed by atoms with Gasteiger partial charge in [-0.05, 0) is 23.8 Å². The Labute approximate surface area is 185 Å². The van der Waals surface area contributed by atoms with Gasteiger partial charge >= 0.3 is 0 Å². The Morgan fingerprint density at radius 1 is 1.16 bits per heavy atom. The summed E-state index contributed by atoms with van der Waals surface area (Å²) in [6.07, 6.45) is 5.98. The number of aromatic nitrogens is 4. The van der Waals surface area contributed by atoms with Gasteiger partial charge in [0.1, 0.15) is 5.75 Å². The first-order chi connectivity index (χ1) is 15.7. The summed E-state index contributed by atoms with van der Waals surface area (Å²) in [5.41, 5.74) is 2.80. The van der Waals surface area contributed by atoms with E-state index in [4.69, 9.17) is 9.26 Å². The normalized spacial score (nSPS) is 13.7. The van der Waals surface area contributed by atoms with Gasteiger partial charge in [-0.3, -0.25) is 4.79 Å². The molecule has 1 fully saturated rings. The Kier molecular flexibility index (Phi) is 5.41. The molecule has 2 aromatic heterocycles. The molecule has 0 aliphatic carbocycles. The van der Waals surface area contributed by atoms with Crippen LogP contribution in [0.4, 0.5) is 0 Å². The van der Waals surface area contributed by atoms with Gasteiger partial charge in [0.05, 0.1) is 19.4 Å². The number of methoxy groups -OCH3 is 1. The fraction of sp³-hybridized carbons (Fsp3) is 0.250. The smallest absolute Gasteiger partial charge is 0.253 e. The van der Waals surface area contributed by atoms with Gasteiger partial charge in [0.15, 0.2) is 5.82 Å². The lowest BCUT2D eigenvalue weighted by Gasteiger charge is -2.37. The molecule has 1 aliphatic rings. The van der Waals surface area contributed by atoms with Crippen molar-refractivity contribution in [2.45, 2.75) is 18.9 Å². The molecule has 0 saturated carbocycles. The van der Waals surface area contributed by atoms with E-state index in [0.29, 0.717) is 36.8 Å². The Morgan fingerprint density at radius 2 is 1.97 bits per heavy atom. The molecule has 2 aromatic carbocycles. The third-order valence-corrected chi connectivity index (χ3v) is 5.67. The van der Waals surface area contributed by atoms with Crippen LogP contribution in [-0.2, 0) is 13.0 Å². The third-order valence-electron chi connectivity index (χ3n) is 5.67. The van der Waals surface area contributed by atoms with Crippen LogP contribution in [0.15, 0.2) is 71.8 Å². The zero-order valence-electron chi connectivity index (χ0n) is 17.7. The fourth-order valence-electron chi connectivity index (χ4n) is 3.85. The van der Waals surface area contributed by atoms with Gasteiger partial charge in [0.25, 0.3) is 5.91 Å². The highest BCUT2D eigenvalue weighted by Crippen LogP contribution is 2.28. The number of benzene rings is 2. The first-order valence-electron chi connectivity index (χ1n) is 10.5. The molecule has 1 amide bonds. The minimum Gasteiger partial charge on any atom is -0.496 e. The number of carbonyl (C=O) groups is 1. The molecule has 8 heteroatoms. The Balaban J connectivity index is 1.17. The summed E-state index contributed by atoms with van der Waals surface area (Å²) in [7, 11) is 1.65. The van der Waals surface area contributed by atoms with Gasteiger partial charge < -0.3 is 18.7 Å². The molecule has 0 spiro atoms. The molecule has 4 aromatic rings. The molecule has 0 unspecified atom stereocenters. The third kappa shape index (κ3) is 4.12. The maximum atomic E-state index is 12.8. The number of imidazole rings is 1. The van der Waals surface area contributed by atoms with Gasteiger partial charge in [0, 0.05) is 49.6 Å². The Hall–Kier alpha value is -3.94. The van der Waals surface area contributed by atoms with Crippen molar-refractivity contribution in [3.8, 4) is 5.75 Å². The molecular weight excluding hydrogens is 406 g/mol. The number of carbonyl (C=O) groups excluding carboxylic acids is 1. The molecule has 1 aliphatic heterocycles. The number of ether oxygens (including phenoxy) is 1. The highest BCUT2D eigenvalue weighted by molar-refractivity contribution is 5.94. The van der Waals surface area contributed by atoms with Gasteiger partial charge in [-0.25, -0.2) is 4.98 Å². The molecule has 3 heterocycles. The van der Waals surface area contributed by atoms with Crippen LogP contribution >= 0.6 is 0 Å². The monoisotopic (exact) mass is 429 g/mol. The van der Waals surface area contributed by atoms with E-state index >= 15 is 0 Å². The molecule has 0 N–H and O–H groups in total. The van der Waals surface area contributed by atoms with E-state index in [1.54, 1.807) is 24.5 Å². The molecule has 0 bridgehead atoms. The molecule has 32 heavy (non-hydrogen) atoms. The molecule has 1 saturated heterocycles. The summed E-state index contributed by atoms with van der Waals surface area (Å²) in [4.78, 5) is 23.2. The van der Waals surface area contributed by atoms with Gasteiger partial charge in [-0.2, -0.15) is 4.98 Å². The van der Waals surface area contributed by atoms with Crippen LogP contribution in [0.2, 0.25) is 0 Å². The number of hydrogen-bond donors (Lipinski definition) is 0. The van der Waals surface area contributed by atoms with Crippen LogP contribution in [-0.4, -0.2) is 50.7 Å². The lowest BCUT2D eigenvalue weighted by molar-refractivity contribution is 0.0569. The Bertz CT molecular complexity index is 1190. The van der Waals surface area contributed by atoms with E-state index in [1.165, 1.54) is 0 Å². The second kappa shape index (κ2) is 8.66. The van der Waals surface area contributed by atoms with E-state index < -0.39 is 0 Å². The van der Waals surface area contributed by atoms with Crippen molar-refractivity contribution in [1.29, 1.82) is 0 Å². The van der Waals surface area contributed by atoms with Crippen LogP contribution in [0.25, 0.3) is 0 Å². The zero-order chi connectivity index (χ0) is 21.9. The molecule has 0 radical (unpaired) electrons. The average molecular weight is 429 g/mol. The quantitative estimate of drug-likeness (QED) is 0.449. The minimum atomic E-state index is 0.0178. The highest BCUT2D eigenvalue weighted by atomic mass is 16.5. The van der Waals surface area contributed by atoms with Crippen LogP contribution in [0.1, 0.15) is 39.1 Å². The predicted octanol–water partition coefficient (Wildman–Crippen LogP) is 3.15. The first-order valence-corrected chi connectivity index (χ1v) is 10.5. The first kappa shape index (κ1) is 20.0. The van der Waals surface area contributed by atoms with Crippen molar-refractivity contribution in [2.24, 2.45) is 0 Å². The van der Waals surface area contributed by atoms with Crippen molar-refractivity contribution >= 4 is 5.91 Å². The van der Waals surface area contributed by atoms with Crippen molar-refractivity contribution in [1.82, 2.24) is 24.6 Å². The second-order valence-corrected chi connectivity index (χ2v) is 7.88. The summed E-state index contributed by atoms with van der Waals surface area (Å²) in [6, 6.07) is 15.5. The number of nitrogens with zero attached hydrogens (tertiary/aromatic N) is 5. The maximum absolute atomic E-state index is 12.8. The van der Waals surface area contributed by atoms with E-state index in [2.05, 4.69) is 15.1 Å². The molecule has 0 atom stereocenters. The Morgan fingerprint density at radius 3 is 2.72 bits per heavy atom. The second-order valence-electron chi connectivity index (χ2n) is 7.88. The van der Waals surface area contributed by atoms with E-state index in [9.17, 15) is 4.79 Å².